The number of carbonyl (C=O) groups excluding carboxylic acids is 2. The molecule has 0 saturated carbocycles. The molecule has 0 radical (unpaired) electrons. The first-order valence-corrected chi connectivity index (χ1v) is 8.44. The Kier molecular flexibility index (Phi) is 3.44. The average molecular weight is 339 g/mol. The van der Waals surface area contributed by atoms with Crippen molar-refractivity contribution >= 4 is 51.2 Å². The number of carbonyl (C=O) groups is 2. The lowest BCUT2D eigenvalue weighted by molar-refractivity contribution is -0.115. The highest BCUT2D eigenvalue weighted by Crippen LogP contribution is 2.31. The molecule has 3 aromatic rings. The normalized spacial score (nSPS) is 16.3. The molecule has 112 valence electrons. The van der Waals surface area contributed by atoms with Crippen molar-refractivity contribution in [2.75, 3.05) is 0 Å². The maximum Gasteiger partial charge on any atom is 0.290 e. The van der Waals surface area contributed by atoms with Crippen molar-refractivity contribution in [3.63, 3.8) is 0 Å². The summed E-state index contributed by atoms with van der Waals surface area (Å²) in [6, 6.07) is 9.69. The fraction of sp³-hybridized carbons (Fsp3) is 0. The van der Waals surface area contributed by atoms with Gasteiger partial charge in [-0.15, -0.1) is 11.3 Å². The molecule has 23 heavy (non-hydrogen) atoms. The van der Waals surface area contributed by atoms with Crippen LogP contribution in [0.1, 0.15) is 5.56 Å². The zero-order valence-corrected chi connectivity index (χ0v) is 13.3. The van der Waals surface area contributed by atoms with E-state index >= 15 is 0 Å². The second kappa shape index (κ2) is 5.60. The van der Waals surface area contributed by atoms with Crippen LogP contribution in [-0.4, -0.2) is 21.1 Å². The van der Waals surface area contributed by atoms with E-state index in [1.165, 1.54) is 0 Å². The minimum Gasteiger partial charge on any atom is -0.282 e. The molecule has 0 atom stereocenters. The van der Waals surface area contributed by atoms with Crippen molar-refractivity contribution in [3.8, 4) is 10.6 Å². The fourth-order valence-electron chi connectivity index (χ4n) is 2.35. The van der Waals surface area contributed by atoms with Crippen LogP contribution in [0.15, 0.2) is 46.9 Å². The van der Waals surface area contributed by atoms with Gasteiger partial charge in [-0.3, -0.25) is 14.9 Å². The van der Waals surface area contributed by atoms with Crippen molar-refractivity contribution in [3.05, 3.63) is 52.5 Å². The molecule has 0 bridgehead atoms. The quantitative estimate of drug-likeness (QED) is 0.721. The van der Waals surface area contributed by atoms with Gasteiger partial charge in [0.2, 0.25) is 0 Å². The van der Waals surface area contributed by atoms with Crippen LogP contribution in [0.2, 0.25) is 0 Å². The molecule has 0 unspecified atom stereocenters. The van der Waals surface area contributed by atoms with Crippen molar-refractivity contribution in [2.45, 2.75) is 0 Å². The monoisotopic (exact) mass is 339 g/mol. The highest BCUT2D eigenvalue weighted by Gasteiger charge is 2.24. The van der Waals surface area contributed by atoms with Crippen molar-refractivity contribution < 1.29 is 9.59 Å². The molecule has 0 spiro atoms. The van der Waals surface area contributed by atoms with Gasteiger partial charge >= 0.3 is 0 Å². The van der Waals surface area contributed by atoms with Gasteiger partial charge in [-0.25, -0.2) is 9.97 Å². The Morgan fingerprint density at radius 2 is 2.04 bits per heavy atom. The largest absolute Gasteiger partial charge is 0.290 e. The number of aromatic nitrogens is 2. The lowest BCUT2D eigenvalue weighted by atomic mass is 10.1. The number of fused-ring (bicyclic) bond motifs is 1. The molecule has 5 nitrogen and oxygen atoms in total. The molecule has 1 fully saturated rings. The Balaban J connectivity index is 1.84. The third-order valence-corrected chi connectivity index (χ3v) is 5.04. The van der Waals surface area contributed by atoms with E-state index in [2.05, 4.69) is 15.3 Å². The molecule has 3 heterocycles. The van der Waals surface area contributed by atoms with Crippen LogP contribution in [0, 0.1) is 0 Å². The Morgan fingerprint density at radius 3 is 2.78 bits per heavy atom. The van der Waals surface area contributed by atoms with E-state index in [9.17, 15) is 9.59 Å². The number of amides is 2. The fourth-order valence-corrected chi connectivity index (χ4v) is 3.76. The maximum atomic E-state index is 11.7. The Labute approximate surface area is 139 Å². The van der Waals surface area contributed by atoms with Crippen LogP contribution in [0.25, 0.3) is 27.6 Å². The number of nitrogens with one attached hydrogen (secondary N) is 1. The van der Waals surface area contributed by atoms with E-state index in [1.54, 1.807) is 23.7 Å². The number of nitrogens with zero attached hydrogens (tertiary/aromatic N) is 2. The molecule has 2 aromatic heterocycles. The highest BCUT2D eigenvalue weighted by atomic mass is 32.2. The predicted octanol–water partition coefficient (Wildman–Crippen LogP) is 3.68. The van der Waals surface area contributed by atoms with E-state index in [0.29, 0.717) is 4.91 Å². The number of hydrogen-bond donors (Lipinski definition) is 1. The van der Waals surface area contributed by atoms with Gasteiger partial charge in [0.1, 0.15) is 6.33 Å². The second-order valence-electron chi connectivity index (χ2n) is 4.83. The number of imide groups is 1. The van der Waals surface area contributed by atoms with Gasteiger partial charge in [0, 0.05) is 5.39 Å². The lowest BCUT2D eigenvalue weighted by Crippen LogP contribution is -2.17. The molecule has 1 aliphatic heterocycles. The van der Waals surface area contributed by atoms with Gasteiger partial charge in [-0.05, 0) is 47.0 Å². The van der Waals surface area contributed by atoms with Gasteiger partial charge in [-0.2, -0.15) is 0 Å². The first kappa shape index (κ1) is 14.1. The summed E-state index contributed by atoms with van der Waals surface area (Å²) in [6.07, 6.45) is 3.25. The maximum absolute atomic E-state index is 11.7. The standard InChI is InChI=1S/C16H9N3O2S2/c20-15-13(23-16(21)19-15)7-9-3-4-11-10(6-9)14(18-8-17-11)12-2-1-5-22-12/h1-8H,(H,19,20,21)/b13-7+. The molecule has 1 N–H and O–H groups in total. The summed E-state index contributed by atoms with van der Waals surface area (Å²) in [6.45, 7) is 0. The molecular weight excluding hydrogens is 330 g/mol. The van der Waals surface area contributed by atoms with E-state index in [1.807, 2.05) is 35.7 Å². The second-order valence-corrected chi connectivity index (χ2v) is 6.79. The summed E-state index contributed by atoms with van der Waals surface area (Å²) in [4.78, 5) is 33.0. The third-order valence-electron chi connectivity index (χ3n) is 3.35. The van der Waals surface area contributed by atoms with Crippen molar-refractivity contribution in [1.82, 2.24) is 15.3 Å². The summed E-state index contributed by atoms with van der Waals surface area (Å²) in [5.74, 6) is -0.358. The predicted molar refractivity (Wildman–Crippen MR) is 92.0 cm³/mol. The van der Waals surface area contributed by atoms with Crippen molar-refractivity contribution in [1.29, 1.82) is 0 Å². The van der Waals surface area contributed by atoms with Gasteiger partial charge in [0.25, 0.3) is 11.1 Å². The Bertz CT molecular complexity index is 965. The molecular formula is C16H9N3O2S2. The van der Waals surface area contributed by atoms with E-state index in [0.717, 1.165) is 38.8 Å². The third kappa shape index (κ3) is 2.64. The van der Waals surface area contributed by atoms with Crippen LogP contribution >= 0.6 is 23.1 Å². The van der Waals surface area contributed by atoms with Crippen LogP contribution in [0.5, 0.6) is 0 Å². The Morgan fingerprint density at radius 1 is 1.13 bits per heavy atom. The first-order chi connectivity index (χ1) is 11.2. The smallest absolute Gasteiger partial charge is 0.282 e. The zero-order chi connectivity index (χ0) is 15.8. The number of benzene rings is 1. The number of hydrogen-bond acceptors (Lipinski definition) is 6. The van der Waals surface area contributed by atoms with Gasteiger partial charge in [-0.1, -0.05) is 12.1 Å². The van der Waals surface area contributed by atoms with Crippen LogP contribution in [-0.2, 0) is 4.79 Å². The number of rotatable bonds is 2. The number of thioether (sulfide) groups is 1. The molecule has 1 aromatic carbocycles. The average Bonchev–Trinajstić information content (AvgIpc) is 3.17. The molecule has 2 amide bonds. The van der Waals surface area contributed by atoms with Crippen LogP contribution in [0.4, 0.5) is 4.79 Å². The van der Waals surface area contributed by atoms with Gasteiger partial charge in [0.05, 0.1) is 21.0 Å². The van der Waals surface area contributed by atoms with Crippen molar-refractivity contribution in [2.24, 2.45) is 0 Å². The van der Waals surface area contributed by atoms with Gasteiger partial charge in [0.15, 0.2) is 0 Å². The molecule has 0 aliphatic carbocycles. The summed E-state index contributed by atoms with van der Waals surface area (Å²) in [5.41, 5.74) is 2.53. The summed E-state index contributed by atoms with van der Waals surface area (Å²) in [5, 5.41) is 4.82. The van der Waals surface area contributed by atoms with E-state index < -0.39 is 0 Å². The molecule has 1 aliphatic rings. The highest BCUT2D eigenvalue weighted by molar-refractivity contribution is 8.18. The number of thiophene rings is 1. The molecule has 7 heteroatoms. The van der Waals surface area contributed by atoms with Crippen LogP contribution in [0.3, 0.4) is 0 Å². The zero-order valence-electron chi connectivity index (χ0n) is 11.6. The topological polar surface area (TPSA) is 72.0 Å². The summed E-state index contributed by atoms with van der Waals surface area (Å²) in [7, 11) is 0. The molecule has 1 saturated heterocycles. The van der Waals surface area contributed by atoms with E-state index in [4.69, 9.17) is 0 Å². The van der Waals surface area contributed by atoms with Gasteiger partial charge < -0.3 is 0 Å². The summed E-state index contributed by atoms with van der Waals surface area (Å²) >= 11 is 2.52. The minimum absolute atomic E-state index is 0.343. The first-order valence-electron chi connectivity index (χ1n) is 6.74. The SMILES string of the molecule is O=C1NC(=O)/C(=C\c2ccc3ncnc(-c4cccs4)c3c2)S1. The summed E-state index contributed by atoms with van der Waals surface area (Å²) < 4.78 is 0. The lowest BCUT2D eigenvalue weighted by Gasteiger charge is -2.04. The van der Waals surface area contributed by atoms with Crippen LogP contribution < -0.4 is 5.32 Å². The minimum atomic E-state index is -0.358. The van der Waals surface area contributed by atoms with E-state index in [-0.39, 0.29) is 11.1 Å². The molecule has 4 rings (SSSR count). The Hall–Kier alpha value is -2.51.